The summed E-state index contributed by atoms with van der Waals surface area (Å²) in [4.78, 5) is 17.8. The van der Waals surface area contributed by atoms with E-state index in [4.69, 9.17) is 4.74 Å². The Hall–Kier alpha value is -5.94. The van der Waals surface area contributed by atoms with E-state index in [9.17, 15) is 4.79 Å². The van der Waals surface area contributed by atoms with Crippen molar-refractivity contribution in [2.75, 3.05) is 28.2 Å². The zero-order valence-electron chi connectivity index (χ0n) is 40.7. The van der Waals surface area contributed by atoms with Crippen LogP contribution in [-0.4, -0.2) is 31.2 Å². The van der Waals surface area contributed by atoms with E-state index in [-0.39, 0.29) is 18.1 Å². The van der Waals surface area contributed by atoms with Gasteiger partial charge in [0.25, 0.3) is 0 Å². The Kier molecular flexibility index (Phi) is 15.5. The number of hydrogen-bond donors (Lipinski definition) is 1. The number of esters is 1. The van der Waals surface area contributed by atoms with Gasteiger partial charge in [0.2, 0.25) is 0 Å². The predicted molar refractivity (Wildman–Crippen MR) is 278 cm³/mol. The first kappa shape index (κ1) is 47.0. The highest BCUT2D eigenvalue weighted by molar-refractivity contribution is 5.98. The van der Waals surface area contributed by atoms with Gasteiger partial charge in [0.15, 0.2) is 0 Å². The maximum absolute atomic E-state index is 12.7. The molecule has 2 unspecified atom stereocenters. The number of carbonyl (C=O) groups excluding carboxylic acids is 1. The van der Waals surface area contributed by atoms with E-state index in [2.05, 4.69) is 186 Å². The van der Waals surface area contributed by atoms with Crippen molar-refractivity contribution in [2.24, 2.45) is 0 Å². The number of hydrogen-bond acceptors (Lipinski definition) is 5. The highest BCUT2D eigenvalue weighted by atomic mass is 16.5. The molecular weight excluding hydrogens is 795 g/mol. The van der Waals surface area contributed by atoms with Gasteiger partial charge in [0.05, 0.1) is 45.7 Å². The second-order valence-corrected chi connectivity index (χ2v) is 18.6. The summed E-state index contributed by atoms with van der Waals surface area (Å²) in [5, 5.41) is 6.19. The number of benzene rings is 6. The van der Waals surface area contributed by atoms with Crippen LogP contribution in [0.3, 0.4) is 0 Å². The lowest BCUT2D eigenvalue weighted by atomic mass is 9.82. The molecule has 0 saturated heterocycles. The number of fused-ring (bicyclic) bond motifs is 1. The van der Waals surface area contributed by atoms with Crippen molar-refractivity contribution < 1.29 is 9.53 Å². The Balaban J connectivity index is 1.34. The van der Waals surface area contributed by atoms with Gasteiger partial charge in [-0.15, -0.1) is 0 Å². The Labute approximate surface area is 390 Å². The standard InChI is InChI=1S/C60H72N3O2/c1-11-14-34-62(58-43(8)36-41(6)37-44(58)9)49-28-24-47(25-29-49)57(48-26-30-50(31-27-48)63(35-15-12-2)59-45(10)38-42(7)39-46(59)13-3)53-32-33-54(52-21-17-16-20-51(52)53)61-55-22-18-19-23-56(55)65-60(64)40(4)5/h16-17,20-21,24-33,36-39,55-56,61H,4,11-15,18-19,22-23,34-35H2,1-3,5-10H3/q+1. The molecule has 65 heavy (non-hydrogen) atoms. The molecule has 0 radical (unpaired) electrons. The fourth-order valence-electron chi connectivity index (χ4n) is 10.3. The molecule has 5 nitrogen and oxygen atoms in total. The first-order valence-corrected chi connectivity index (χ1v) is 24.4. The first-order chi connectivity index (χ1) is 31.4. The monoisotopic (exact) mass is 867 g/mol. The number of ether oxygens (including phenoxy) is 1. The van der Waals surface area contributed by atoms with Crippen LogP contribution in [0.1, 0.15) is 129 Å². The second kappa shape index (κ2) is 21.4. The van der Waals surface area contributed by atoms with Gasteiger partial charge in [-0.05, 0) is 175 Å². The normalized spacial score (nSPS) is 14.8. The molecule has 0 aliphatic heterocycles. The molecule has 2 atom stereocenters. The van der Waals surface area contributed by atoms with Crippen LogP contribution in [0.25, 0.3) is 10.8 Å². The molecule has 5 heteroatoms. The molecule has 7 rings (SSSR count). The van der Waals surface area contributed by atoms with Crippen LogP contribution >= 0.6 is 0 Å². The molecule has 0 heterocycles. The lowest BCUT2D eigenvalue weighted by molar-refractivity contribution is -0.146. The van der Waals surface area contributed by atoms with Crippen molar-refractivity contribution in [1.29, 1.82) is 0 Å². The number of rotatable bonds is 18. The van der Waals surface area contributed by atoms with E-state index in [1.54, 1.807) is 6.92 Å². The van der Waals surface area contributed by atoms with E-state index < -0.39 is 0 Å². The molecule has 0 aromatic heterocycles. The van der Waals surface area contributed by atoms with Crippen LogP contribution in [0.5, 0.6) is 0 Å². The lowest BCUT2D eigenvalue weighted by Crippen LogP contribution is -2.40. The molecule has 1 aliphatic carbocycles. The van der Waals surface area contributed by atoms with Gasteiger partial charge in [-0.1, -0.05) is 94.1 Å². The minimum absolute atomic E-state index is 0.0161. The minimum Gasteiger partial charge on any atom is -0.457 e. The Bertz CT molecular complexity index is 2570. The number of anilines is 5. The van der Waals surface area contributed by atoms with Gasteiger partial charge in [-0.3, -0.25) is 0 Å². The van der Waals surface area contributed by atoms with Crippen LogP contribution in [-0.2, 0) is 16.0 Å². The summed E-state index contributed by atoms with van der Waals surface area (Å²) in [6.45, 7) is 25.5. The van der Waals surface area contributed by atoms with Gasteiger partial charge < -0.3 is 19.9 Å². The number of unbranched alkanes of at least 4 members (excludes halogenated alkanes) is 2. The molecule has 1 aliphatic rings. The van der Waals surface area contributed by atoms with Crippen molar-refractivity contribution in [1.82, 2.24) is 0 Å². The first-order valence-electron chi connectivity index (χ1n) is 24.4. The average molecular weight is 867 g/mol. The van der Waals surface area contributed by atoms with E-state index in [1.807, 2.05) is 0 Å². The van der Waals surface area contributed by atoms with E-state index in [0.29, 0.717) is 5.57 Å². The van der Waals surface area contributed by atoms with Crippen molar-refractivity contribution in [3.63, 3.8) is 0 Å². The topological polar surface area (TPSA) is 44.8 Å². The van der Waals surface area contributed by atoms with Gasteiger partial charge in [-0.2, -0.15) is 0 Å². The van der Waals surface area contributed by atoms with Gasteiger partial charge in [0.1, 0.15) is 6.10 Å². The third kappa shape index (κ3) is 10.6. The predicted octanol–water partition coefficient (Wildman–Crippen LogP) is 15.7. The Morgan fingerprint density at radius 2 is 1.20 bits per heavy atom. The molecule has 1 fully saturated rings. The molecule has 1 saturated carbocycles. The highest BCUT2D eigenvalue weighted by Gasteiger charge is 2.31. The van der Waals surface area contributed by atoms with Crippen LogP contribution in [0, 0.1) is 40.5 Å². The fourth-order valence-corrected chi connectivity index (χ4v) is 10.3. The average Bonchev–Trinajstić information content (AvgIpc) is 3.29. The van der Waals surface area contributed by atoms with E-state index in [0.717, 1.165) is 82.0 Å². The largest absolute Gasteiger partial charge is 0.457 e. The summed E-state index contributed by atoms with van der Waals surface area (Å²) in [6.07, 6.45) is 9.19. The van der Waals surface area contributed by atoms with Crippen molar-refractivity contribution in [3.05, 3.63) is 177 Å². The quantitative estimate of drug-likeness (QED) is 0.0404. The van der Waals surface area contributed by atoms with Crippen LogP contribution in [0.15, 0.2) is 121 Å². The molecule has 6 aromatic carbocycles. The smallest absolute Gasteiger partial charge is 0.333 e. The molecule has 0 bridgehead atoms. The molecule has 6 aromatic rings. The van der Waals surface area contributed by atoms with E-state index >= 15 is 0 Å². The van der Waals surface area contributed by atoms with Gasteiger partial charge >= 0.3 is 5.97 Å². The number of aryl methyl sites for hydroxylation is 6. The SMILES string of the molecule is C=C(C)C(=O)OC1CCCCC1Nc1ccc([C+](c2ccc(N(CCCC)c3c(C)cc(C)cc3C)cc2)c2ccc(N(CCCC)c3c(C)cc(C)cc3CC)cc2)c2ccccc12. The summed E-state index contributed by atoms with van der Waals surface area (Å²) in [5.74, 6) is 0.881. The lowest BCUT2D eigenvalue weighted by Gasteiger charge is -2.33. The van der Waals surface area contributed by atoms with Crippen LogP contribution in [0.4, 0.5) is 28.4 Å². The summed E-state index contributed by atoms with van der Waals surface area (Å²) in [5.41, 5.74) is 18.0. The van der Waals surface area contributed by atoms with Gasteiger partial charge in [-0.25, -0.2) is 4.79 Å². The molecule has 0 spiro atoms. The number of nitrogens with one attached hydrogen (secondary N) is 1. The Morgan fingerprint density at radius 1 is 0.677 bits per heavy atom. The zero-order valence-corrected chi connectivity index (χ0v) is 40.7. The second-order valence-electron chi connectivity index (χ2n) is 18.6. The fraction of sp³-hybridized carbons (Fsp3) is 0.367. The molecule has 1 N–H and O–H groups in total. The number of nitrogens with zero attached hydrogens (tertiary/aromatic N) is 2. The van der Waals surface area contributed by atoms with E-state index in [1.165, 1.54) is 84.1 Å². The van der Waals surface area contributed by atoms with Crippen molar-refractivity contribution >= 4 is 45.2 Å². The highest BCUT2D eigenvalue weighted by Crippen LogP contribution is 2.42. The van der Waals surface area contributed by atoms with Gasteiger partial charge in [0, 0.05) is 40.8 Å². The summed E-state index contributed by atoms with van der Waals surface area (Å²) >= 11 is 0. The molecule has 0 amide bonds. The third-order valence-electron chi connectivity index (χ3n) is 13.3. The minimum atomic E-state index is -0.314. The summed E-state index contributed by atoms with van der Waals surface area (Å²) < 4.78 is 6.01. The maximum atomic E-state index is 12.7. The summed E-state index contributed by atoms with van der Waals surface area (Å²) in [6, 6.07) is 41.3. The molecule has 338 valence electrons. The van der Waals surface area contributed by atoms with Crippen LogP contribution in [0.2, 0.25) is 0 Å². The maximum Gasteiger partial charge on any atom is 0.333 e. The van der Waals surface area contributed by atoms with Crippen molar-refractivity contribution in [2.45, 2.75) is 132 Å². The zero-order chi connectivity index (χ0) is 46.2. The third-order valence-corrected chi connectivity index (χ3v) is 13.3. The van der Waals surface area contributed by atoms with Crippen molar-refractivity contribution in [3.8, 4) is 0 Å². The van der Waals surface area contributed by atoms with Crippen LogP contribution < -0.4 is 15.1 Å². The molecular formula is C60H72N3O2+. The number of carbonyl (C=O) groups is 1. The summed E-state index contributed by atoms with van der Waals surface area (Å²) in [7, 11) is 0. The Morgan fingerprint density at radius 3 is 1.75 bits per heavy atom.